The number of nitrogens with two attached hydrogens (primary N) is 1. The summed E-state index contributed by atoms with van der Waals surface area (Å²) in [6.45, 7) is 0. The van der Waals surface area contributed by atoms with Crippen LogP contribution >= 0.6 is 35.0 Å². The Labute approximate surface area is 161 Å². The third kappa shape index (κ3) is 4.55. The van der Waals surface area contributed by atoms with Crippen LogP contribution in [0.2, 0.25) is 10.0 Å². The summed E-state index contributed by atoms with van der Waals surface area (Å²) in [6.07, 6.45) is -4.77. The average molecular weight is 454 g/mol. The summed E-state index contributed by atoms with van der Waals surface area (Å²) in [7, 11) is 0.963. The smallest absolute Gasteiger partial charge is 0.446 e. The summed E-state index contributed by atoms with van der Waals surface area (Å²) in [6, 6.07) is 1.01. The fourth-order valence-corrected chi connectivity index (χ4v) is 3.39. The van der Waals surface area contributed by atoms with Gasteiger partial charge in [-0.2, -0.15) is 36.1 Å². The van der Waals surface area contributed by atoms with Crippen molar-refractivity contribution >= 4 is 40.9 Å². The lowest BCUT2D eigenvalue weighted by atomic mass is 10.2. The normalized spacial score (nSPS) is 12.3. The van der Waals surface area contributed by atoms with E-state index in [9.17, 15) is 31.1 Å². The van der Waals surface area contributed by atoms with Crippen LogP contribution in [0.15, 0.2) is 17.0 Å². The van der Waals surface area contributed by atoms with Crippen LogP contribution in [0.5, 0.6) is 5.88 Å². The molecule has 0 aliphatic rings. The Morgan fingerprint density at radius 1 is 1.19 bits per heavy atom. The summed E-state index contributed by atoms with van der Waals surface area (Å²) >= 11 is 10.9. The molecule has 2 rings (SSSR count). The maximum atomic E-state index is 12.8. The molecule has 2 aromatic rings. The van der Waals surface area contributed by atoms with Crippen LogP contribution in [0.1, 0.15) is 16.1 Å². The van der Waals surface area contributed by atoms with E-state index in [0.29, 0.717) is 16.8 Å². The minimum atomic E-state index is -4.83. The first-order chi connectivity index (χ1) is 12.3. The molecular weight excluding hydrogens is 447 g/mol. The molecule has 1 heterocycles. The monoisotopic (exact) mass is 453 g/mol. The lowest BCUT2D eigenvalue weighted by molar-refractivity contribution is -0.137. The van der Waals surface area contributed by atoms with E-state index in [2.05, 4.69) is 5.10 Å². The van der Waals surface area contributed by atoms with Crippen molar-refractivity contribution in [2.45, 2.75) is 16.6 Å². The van der Waals surface area contributed by atoms with Gasteiger partial charge in [0, 0.05) is 0 Å². The minimum absolute atomic E-state index is 0.417. The third-order valence-corrected chi connectivity index (χ3v) is 4.38. The molecule has 0 bridgehead atoms. The van der Waals surface area contributed by atoms with Crippen molar-refractivity contribution in [2.24, 2.45) is 5.73 Å². The molecule has 148 valence electrons. The highest BCUT2D eigenvalue weighted by atomic mass is 35.5. The molecule has 0 spiro atoms. The number of hydrogen-bond donors (Lipinski definition) is 1. The second-order valence-electron chi connectivity index (χ2n) is 4.80. The fraction of sp³-hybridized carbons (Fsp3) is 0.231. The number of thioether (sulfide) groups is 1. The third-order valence-electron chi connectivity index (χ3n) is 3.00. The largest absolute Gasteiger partial charge is 0.480 e. The number of ether oxygens (including phenoxy) is 1. The quantitative estimate of drug-likeness (QED) is 0.526. The van der Waals surface area contributed by atoms with E-state index in [1.807, 2.05) is 0 Å². The van der Waals surface area contributed by atoms with Crippen molar-refractivity contribution in [3.63, 3.8) is 0 Å². The number of benzene rings is 1. The summed E-state index contributed by atoms with van der Waals surface area (Å²) in [4.78, 5) is 10.7. The molecule has 0 atom stereocenters. The predicted octanol–water partition coefficient (Wildman–Crippen LogP) is 4.92. The zero-order valence-corrected chi connectivity index (χ0v) is 15.2. The second kappa shape index (κ2) is 7.32. The van der Waals surface area contributed by atoms with E-state index < -0.39 is 67.1 Å². The number of amides is 1. The van der Waals surface area contributed by atoms with Crippen molar-refractivity contribution in [3.8, 4) is 11.6 Å². The average Bonchev–Trinajstić information content (AvgIpc) is 2.81. The summed E-state index contributed by atoms with van der Waals surface area (Å²) in [5.74, 6) is -1.95. The van der Waals surface area contributed by atoms with Gasteiger partial charge < -0.3 is 10.5 Å². The van der Waals surface area contributed by atoms with Crippen LogP contribution in [0.4, 0.5) is 26.3 Å². The van der Waals surface area contributed by atoms with Crippen LogP contribution in [0.25, 0.3) is 5.69 Å². The highest BCUT2D eigenvalue weighted by molar-refractivity contribution is 8.00. The van der Waals surface area contributed by atoms with E-state index >= 15 is 0 Å². The van der Waals surface area contributed by atoms with Crippen molar-refractivity contribution in [1.29, 1.82) is 0 Å². The molecule has 0 saturated heterocycles. The molecule has 0 aliphatic heterocycles. The van der Waals surface area contributed by atoms with E-state index in [1.165, 1.54) is 0 Å². The number of hydrogen-bond acceptors (Lipinski definition) is 4. The van der Waals surface area contributed by atoms with Gasteiger partial charge in [0.25, 0.3) is 5.91 Å². The minimum Gasteiger partial charge on any atom is -0.480 e. The summed E-state index contributed by atoms with van der Waals surface area (Å²) in [5.41, 5.74) is -2.22. The molecule has 0 fully saturated rings. The van der Waals surface area contributed by atoms with Gasteiger partial charge >= 0.3 is 11.7 Å². The maximum Gasteiger partial charge on any atom is 0.446 e. The highest BCUT2D eigenvalue weighted by Gasteiger charge is 2.38. The van der Waals surface area contributed by atoms with E-state index in [4.69, 9.17) is 33.7 Å². The Morgan fingerprint density at radius 2 is 1.70 bits per heavy atom. The Morgan fingerprint density at radius 3 is 2.07 bits per heavy atom. The summed E-state index contributed by atoms with van der Waals surface area (Å²) < 4.78 is 82.3. The van der Waals surface area contributed by atoms with Crippen LogP contribution in [-0.4, -0.2) is 28.3 Å². The molecule has 0 unspecified atom stereocenters. The number of aromatic nitrogens is 2. The Bertz CT molecular complexity index is 874. The van der Waals surface area contributed by atoms with E-state index in [-0.39, 0.29) is 0 Å². The van der Waals surface area contributed by atoms with Gasteiger partial charge in [0.2, 0.25) is 5.88 Å². The highest BCUT2D eigenvalue weighted by Crippen LogP contribution is 2.46. The SMILES string of the molecule is COc1c(SC(F)(F)F)c(C(N)=O)nn1-c1c(Cl)cc(C(F)(F)F)cc1Cl. The molecule has 1 amide bonds. The standard InChI is InChI=1S/C13H7Cl2F6N3O2S/c1-26-11-9(27-13(19,20)21)7(10(22)25)23-24(11)8-5(14)2-4(3-6(8)15)12(16,17)18/h2-3H,1H3,(H2,22,25). The fourth-order valence-electron chi connectivity index (χ4n) is 2.02. The maximum absolute atomic E-state index is 12.8. The number of halogens is 8. The first-order valence-electron chi connectivity index (χ1n) is 6.55. The number of methoxy groups -OCH3 is 1. The van der Waals surface area contributed by atoms with Crippen LogP contribution in [-0.2, 0) is 6.18 Å². The summed E-state index contributed by atoms with van der Waals surface area (Å²) in [5, 5.41) is 2.42. The van der Waals surface area contributed by atoms with Gasteiger partial charge in [-0.05, 0) is 23.9 Å². The lowest BCUT2D eigenvalue weighted by Crippen LogP contribution is -2.14. The van der Waals surface area contributed by atoms with Gasteiger partial charge in [0.15, 0.2) is 5.69 Å². The topological polar surface area (TPSA) is 70.1 Å². The first kappa shape index (κ1) is 21.5. The number of carbonyl (C=O) groups is 1. The molecule has 1 aromatic carbocycles. The van der Waals surface area contributed by atoms with Gasteiger partial charge in [-0.3, -0.25) is 4.79 Å². The predicted molar refractivity (Wildman–Crippen MR) is 85.6 cm³/mol. The van der Waals surface area contributed by atoms with Crippen LogP contribution in [0.3, 0.4) is 0 Å². The Hall–Kier alpha value is -1.79. The number of carbonyl (C=O) groups excluding carboxylic acids is 1. The molecule has 2 N–H and O–H groups in total. The molecule has 1 aromatic heterocycles. The second-order valence-corrected chi connectivity index (χ2v) is 6.69. The number of primary amides is 1. The van der Waals surface area contributed by atoms with Crippen molar-refractivity contribution in [1.82, 2.24) is 9.78 Å². The molecular formula is C13H7Cl2F6N3O2S. The van der Waals surface area contributed by atoms with Gasteiger partial charge in [-0.15, -0.1) is 0 Å². The number of alkyl halides is 6. The zero-order valence-electron chi connectivity index (χ0n) is 12.9. The Kier molecular flexibility index (Phi) is 5.83. The van der Waals surface area contributed by atoms with Crippen molar-refractivity contribution in [3.05, 3.63) is 33.4 Å². The van der Waals surface area contributed by atoms with Crippen molar-refractivity contribution < 1.29 is 35.9 Å². The molecule has 0 radical (unpaired) electrons. The number of nitrogens with zero attached hydrogens (tertiary/aromatic N) is 2. The molecule has 5 nitrogen and oxygen atoms in total. The molecule has 14 heteroatoms. The van der Waals surface area contributed by atoms with Gasteiger partial charge in [-0.25, -0.2) is 0 Å². The van der Waals surface area contributed by atoms with E-state index in [1.54, 1.807) is 0 Å². The van der Waals surface area contributed by atoms with Crippen LogP contribution in [0, 0.1) is 0 Å². The van der Waals surface area contributed by atoms with Gasteiger partial charge in [0.1, 0.15) is 10.6 Å². The van der Waals surface area contributed by atoms with Crippen LogP contribution < -0.4 is 10.5 Å². The molecule has 0 aliphatic carbocycles. The molecule has 0 saturated carbocycles. The molecule has 27 heavy (non-hydrogen) atoms. The zero-order chi connectivity index (χ0) is 20.7. The van der Waals surface area contributed by atoms with Gasteiger partial charge in [-0.1, -0.05) is 23.2 Å². The van der Waals surface area contributed by atoms with E-state index in [0.717, 1.165) is 7.11 Å². The first-order valence-corrected chi connectivity index (χ1v) is 8.12. The van der Waals surface area contributed by atoms with Crippen molar-refractivity contribution in [2.75, 3.05) is 7.11 Å². The number of rotatable bonds is 4. The van der Waals surface area contributed by atoms with Gasteiger partial charge in [0.05, 0.1) is 22.7 Å². The Balaban J connectivity index is 2.76. The lowest BCUT2D eigenvalue weighted by Gasteiger charge is -2.14.